The van der Waals surface area contributed by atoms with E-state index in [2.05, 4.69) is 31.2 Å². The quantitative estimate of drug-likeness (QED) is 0.878. The number of ether oxygens (including phenoxy) is 2. The van der Waals surface area contributed by atoms with Gasteiger partial charge in [-0.15, -0.1) is 0 Å². The Kier molecular flexibility index (Phi) is 5.17. The van der Waals surface area contributed by atoms with Gasteiger partial charge in [-0.05, 0) is 40.0 Å². The Morgan fingerprint density at radius 1 is 1.10 bits per heavy atom. The van der Waals surface area contributed by atoms with Crippen LogP contribution in [0.15, 0.2) is 35.1 Å². The second-order valence-corrected chi connectivity index (χ2v) is 5.01. The fourth-order valence-electron chi connectivity index (χ4n) is 1.76. The average Bonchev–Trinajstić information content (AvgIpc) is 2.49. The van der Waals surface area contributed by atoms with Crippen molar-refractivity contribution in [2.75, 3.05) is 26.1 Å². The molecule has 1 aromatic carbocycles. The summed E-state index contributed by atoms with van der Waals surface area (Å²) in [6, 6.07) is 5.90. The number of anilines is 1. The van der Waals surface area contributed by atoms with Crippen molar-refractivity contribution in [2.24, 2.45) is 0 Å². The Hall–Kier alpha value is -1.82. The van der Waals surface area contributed by atoms with Crippen LogP contribution in [0.1, 0.15) is 5.56 Å². The molecule has 0 spiro atoms. The Balaban J connectivity index is 1.92. The third-order valence-corrected chi connectivity index (χ3v) is 3.17. The van der Waals surface area contributed by atoms with E-state index in [0.717, 1.165) is 34.5 Å². The maximum absolute atomic E-state index is 5.28. The number of benzene rings is 1. The number of methoxy groups -OCH3 is 2. The molecule has 5 nitrogen and oxygen atoms in total. The number of hydrogen-bond acceptors (Lipinski definition) is 5. The predicted molar refractivity (Wildman–Crippen MR) is 81.5 cm³/mol. The lowest BCUT2D eigenvalue weighted by Crippen LogP contribution is -2.07. The number of rotatable bonds is 6. The molecule has 2 rings (SSSR count). The molecule has 0 saturated heterocycles. The zero-order valence-electron chi connectivity index (χ0n) is 11.4. The molecule has 0 aliphatic rings. The van der Waals surface area contributed by atoms with E-state index in [1.54, 1.807) is 26.6 Å². The van der Waals surface area contributed by atoms with E-state index in [0.29, 0.717) is 5.95 Å². The maximum atomic E-state index is 5.28. The first-order valence-electron chi connectivity index (χ1n) is 6.15. The molecule has 0 bridgehead atoms. The summed E-state index contributed by atoms with van der Waals surface area (Å²) in [6.45, 7) is 0.747. The molecule has 0 aliphatic carbocycles. The molecule has 0 fully saturated rings. The van der Waals surface area contributed by atoms with Crippen LogP contribution in [0.2, 0.25) is 0 Å². The molecule has 0 atom stereocenters. The number of nitrogens with zero attached hydrogens (tertiary/aromatic N) is 2. The van der Waals surface area contributed by atoms with Gasteiger partial charge in [0.2, 0.25) is 5.95 Å². The monoisotopic (exact) mass is 337 g/mol. The molecular weight excluding hydrogens is 322 g/mol. The fourth-order valence-corrected chi connectivity index (χ4v) is 1.96. The topological polar surface area (TPSA) is 56.3 Å². The van der Waals surface area contributed by atoms with Crippen LogP contribution in [0.4, 0.5) is 5.95 Å². The summed E-state index contributed by atoms with van der Waals surface area (Å²) in [6.07, 6.45) is 4.28. The predicted octanol–water partition coefficient (Wildman–Crippen LogP) is 2.91. The van der Waals surface area contributed by atoms with Crippen LogP contribution in [0.5, 0.6) is 11.5 Å². The van der Waals surface area contributed by atoms with Gasteiger partial charge in [0.15, 0.2) is 11.5 Å². The van der Waals surface area contributed by atoms with Crippen molar-refractivity contribution in [3.8, 4) is 11.5 Å². The van der Waals surface area contributed by atoms with Gasteiger partial charge in [-0.2, -0.15) is 0 Å². The van der Waals surface area contributed by atoms with Crippen LogP contribution in [-0.2, 0) is 6.42 Å². The van der Waals surface area contributed by atoms with E-state index in [4.69, 9.17) is 9.47 Å². The standard InChI is InChI=1S/C14H16BrN3O2/c1-19-12-4-3-10(7-13(12)20-2)5-6-16-14-17-8-11(15)9-18-14/h3-4,7-9H,5-6H2,1-2H3,(H,16,17,18). The summed E-state index contributed by atoms with van der Waals surface area (Å²) in [4.78, 5) is 8.31. The largest absolute Gasteiger partial charge is 0.493 e. The second-order valence-electron chi connectivity index (χ2n) is 4.09. The smallest absolute Gasteiger partial charge is 0.222 e. The minimum atomic E-state index is 0.619. The highest BCUT2D eigenvalue weighted by molar-refractivity contribution is 9.10. The zero-order chi connectivity index (χ0) is 14.4. The Bertz CT molecular complexity index is 561. The minimum absolute atomic E-state index is 0.619. The van der Waals surface area contributed by atoms with Crippen molar-refractivity contribution in [1.82, 2.24) is 9.97 Å². The van der Waals surface area contributed by atoms with Gasteiger partial charge in [-0.1, -0.05) is 6.07 Å². The maximum Gasteiger partial charge on any atom is 0.222 e. The molecule has 6 heteroatoms. The summed E-state index contributed by atoms with van der Waals surface area (Å²) in [5, 5.41) is 3.17. The number of nitrogens with one attached hydrogen (secondary N) is 1. The van der Waals surface area contributed by atoms with E-state index >= 15 is 0 Å². The van der Waals surface area contributed by atoms with Crippen LogP contribution in [-0.4, -0.2) is 30.7 Å². The molecule has 1 N–H and O–H groups in total. The van der Waals surface area contributed by atoms with Gasteiger partial charge in [0.25, 0.3) is 0 Å². The third kappa shape index (κ3) is 3.84. The van der Waals surface area contributed by atoms with E-state index in [9.17, 15) is 0 Å². The van der Waals surface area contributed by atoms with E-state index in [-0.39, 0.29) is 0 Å². The highest BCUT2D eigenvalue weighted by Crippen LogP contribution is 2.27. The first-order valence-corrected chi connectivity index (χ1v) is 6.94. The van der Waals surface area contributed by atoms with Crippen molar-refractivity contribution >= 4 is 21.9 Å². The van der Waals surface area contributed by atoms with Gasteiger partial charge in [-0.25, -0.2) is 9.97 Å². The van der Waals surface area contributed by atoms with Crippen LogP contribution in [0, 0.1) is 0 Å². The normalized spacial score (nSPS) is 10.2. The van der Waals surface area contributed by atoms with Gasteiger partial charge in [0, 0.05) is 18.9 Å². The van der Waals surface area contributed by atoms with Gasteiger partial charge in [0.05, 0.1) is 18.7 Å². The Morgan fingerprint density at radius 3 is 2.45 bits per heavy atom. The number of aromatic nitrogens is 2. The number of hydrogen-bond donors (Lipinski definition) is 1. The van der Waals surface area contributed by atoms with Gasteiger partial charge < -0.3 is 14.8 Å². The lowest BCUT2D eigenvalue weighted by atomic mass is 10.1. The minimum Gasteiger partial charge on any atom is -0.493 e. The lowest BCUT2D eigenvalue weighted by molar-refractivity contribution is 0.354. The summed E-state index contributed by atoms with van der Waals surface area (Å²) >= 11 is 3.30. The molecule has 0 saturated carbocycles. The summed E-state index contributed by atoms with van der Waals surface area (Å²) < 4.78 is 11.4. The zero-order valence-corrected chi connectivity index (χ0v) is 13.0. The van der Waals surface area contributed by atoms with Crippen LogP contribution in [0.25, 0.3) is 0 Å². The molecule has 106 valence electrons. The molecule has 20 heavy (non-hydrogen) atoms. The highest BCUT2D eigenvalue weighted by atomic mass is 79.9. The summed E-state index contributed by atoms with van der Waals surface area (Å²) in [5.74, 6) is 2.10. The van der Waals surface area contributed by atoms with Crippen molar-refractivity contribution in [1.29, 1.82) is 0 Å². The Labute approximate surface area is 126 Å². The molecule has 1 heterocycles. The SMILES string of the molecule is COc1ccc(CCNc2ncc(Br)cn2)cc1OC. The molecule has 0 amide bonds. The fraction of sp³-hybridized carbons (Fsp3) is 0.286. The highest BCUT2D eigenvalue weighted by Gasteiger charge is 2.04. The molecule has 0 unspecified atom stereocenters. The van der Waals surface area contributed by atoms with E-state index in [1.165, 1.54) is 0 Å². The van der Waals surface area contributed by atoms with Crippen LogP contribution < -0.4 is 14.8 Å². The van der Waals surface area contributed by atoms with Crippen LogP contribution in [0.3, 0.4) is 0 Å². The van der Waals surface area contributed by atoms with Crippen molar-refractivity contribution in [3.63, 3.8) is 0 Å². The molecule has 0 radical (unpaired) electrons. The average molecular weight is 338 g/mol. The molecule has 2 aromatic rings. The van der Waals surface area contributed by atoms with Gasteiger partial charge >= 0.3 is 0 Å². The van der Waals surface area contributed by atoms with Gasteiger partial charge in [0.1, 0.15) is 0 Å². The molecule has 0 aliphatic heterocycles. The first-order chi connectivity index (χ1) is 9.72. The van der Waals surface area contributed by atoms with Crippen molar-refractivity contribution in [3.05, 3.63) is 40.6 Å². The summed E-state index contributed by atoms with van der Waals surface area (Å²) in [5.41, 5.74) is 1.16. The summed E-state index contributed by atoms with van der Waals surface area (Å²) in [7, 11) is 3.26. The second kappa shape index (κ2) is 7.09. The van der Waals surface area contributed by atoms with Gasteiger partial charge in [-0.3, -0.25) is 0 Å². The van der Waals surface area contributed by atoms with E-state index < -0.39 is 0 Å². The van der Waals surface area contributed by atoms with Crippen LogP contribution >= 0.6 is 15.9 Å². The molecular formula is C14H16BrN3O2. The first kappa shape index (κ1) is 14.6. The molecule has 1 aromatic heterocycles. The number of halogens is 1. The lowest BCUT2D eigenvalue weighted by Gasteiger charge is -2.10. The van der Waals surface area contributed by atoms with Crippen molar-refractivity contribution in [2.45, 2.75) is 6.42 Å². The Morgan fingerprint density at radius 2 is 1.80 bits per heavy atom. The third-order valence-electron chi connectivity index (χ3n) is 2.77. The van der Waals surface area contributed by atoms with Crippen molar-refractivity contribution < 1.29 is 9.47 Å². The van der Waals surface area contributed by atoms with E-state index in [1.807, 2.05) is 18.2 Å².